The first-order valence-electron chi connectivity index (χ1n) is 13.1. The highest BCUT2D eigenvalue weighted by molar-refractivity contribution is 8.04. The van der Waals surface area contributed by atoms with Gasteiger partial charge in [-0.1, -0.05) is 36.7 Å². The van der Waals surface area contributed by atoms with Crippen molar-refractivity contribution in [2.45, 2.75) is 24.3 Å². The molecule has 2 atom stereocenters. The number of benzene rings is 2. The minimum absolute atomic E-state index is 0.0156. The van der Waals surface area contributed by atoms with Crippen molar-refractivity contribution in [3.63, 3.8) is 0 Å². The van der Waals surface area contributed by atoms with Gasteiger partial charge in [0, 0.05) is 61.2 Å². The smallest absolute Gasteiger partial charge is 0.327 e. The summed E-state index contributed by atoms with van der Waals surface area (Å²) in [6.45, 7) is 3.56. The predicted molar refractivity (Wildman–Crippen MR) is 152 cm³/mol. The van der Waals surface area contributed by atoms with Crippen LogP contribution in [0.5, 0.6) is 0 Å². The van der Waals surface area contributed by atoms with Gasteiger partial charge in [-0.3, -0.25) is 14.6 Å². The number of piperazine rings is 1. The van der Waals surface area contributed by atoms with Gasteiger partial charge < -0.3 is 10.0 Å². The topological polar surface area (TPSA) is 94.8 Å². The highest BCUT2D eigenvalue weighted by atomic mass is 35.5. The Hall–Kier alpha value is -3.32. The van der Waals surface area contributed by atoms with Gasteiger partial charge in [0.2, 0.25) is 0 Å². The molecule has 1 N–H and O–H groups in total. The number of nitrogens with zero attached hydrogens (tertiary/aromatic N) is 6. The largest absolute Gasteiger partial charge is 0.382 e. The minimum atomic E-state index is -1.74. The van der Waals surface area contributed by atoms with Crippen molar-refractivity contribution < 1.29 is 23.5 Å². The third-order valence-electron chi connectivity index (χ3n) is 7.07. The lowest BCUT2D eigenvalue weighted by Crippen LogP contribution is -2.57. The fourth-order valence-electron chi connectivity index (χ4n) is 5.06. The highest BCUT2D eigenvalue weighted by Gasteiger charge is 2.39. The summed E-state index contributed by atoms with van der Waals surface area (Å²) in [4.78, 5) is 35.9. The number of carbonyl (C=O) groups is 2. The zero-order valence-corrected chi connectivity index (χ0v) is 23.9. The van der Waals surface area contributed by atoms with E-state index in [1.54, 1.807) is 23.1 Å². The molecule has 9 nitrogen and oxygen atoms in total. The van der Waals surface area contributed by atoms with E-state index in [1.807, 2.05) is 24.0 Å². The Kier molecular flexibility index (Phi) is 8.74. The monoisotopic (exact) mass is 602 g/mol. The van der Waals surface area contributed by atoms with Crippen LogP contribution >= 0.6 is 23.4 Å². The molecular formula is C28H29ClF2N6O3S. The number of halogens is 3. The van der Waals surface area contributed by atoms with Crippen molar-refractivity contribution in [3.05, 3.63) is 87.8 Å². The van der Waals surface area contributed by atoms with E-state index in [1.165, 1.54) is 40.1 Å². The van der Waals surface area contributed by atoms with Gasteiger partial charge in [-0.05, 0) is 29.8 Å². The predicted octanol–water partition coefficient (Wildman–Crippen LogP) is 3.84. The van der Waals surface area contributed by atoms with E-state index < -0.39 is 17.2 Å². The first kappa shape index (κ1) is 29.2. The maximum Gasteiger partial charge on any atom is 0.327 e. The lowest BCUT2D eigenvalue weighted by molar-refractivity contribution is -0.124. The Labute approximate surface area is 245 Å². The summed E-state index contributed by atoms with van der Waals surface area (Å²) >= 11 is 7.41. The molecule has 5 rings (SSSR count). The molecule has 0 saturated carbocycles. The van der Waals surface area contributed by atoms with Crippen molar-refractivity contribution >= 4 is 41.4 Å². The van der Waals surface area contributed by atoms with Crippen LogP contribution in [0.1, 0.15) is 18.1 Å². The molecule has 2 saturated heterocycles. The van der Waals surface area contributed by atoms with Gasteiger partial charge >= 0.3 is 6.03 Å². The van der Waals surface area contributed by atoms with Gasteiger partial charge in [0.15, 0.2) is 0 Å². The molecule has 1 aromatic heterocycles. The number of aromatic nitrogens is 3. The third-order valence-corrected chi connectivity index (χ3v) is 8.42. The molecule has 2 aliphatic rings. The number of urea groups is 1. The minimum Gasteiger partial charge on any atom is -0.382 e. The number of hydrogen-bond acceptors (Lipinski definition) is 7. The lowest BCUT2D eigenvalue weighted by atomic mass is 9.92. The Morgan fingerprint density at radius 2 is 1.88 bits per heavy atom. The van der Waals surface area contributed by atoms with E-state index in [-0.39, 0.29) is 35.8 Å². The van der Waals surface area contributed by atoms with E-state index in [2.05, 4.69) is 10.1 Å². The van der Waals surface area contributed by atoms with Crippen LogP contribution in [-0.4, -0.2) is 91.0 Å². The van der Waals surface area contributed by atoms with Crippen LogP contribution in [0.15, 0.2) is 60.0 Å². The lowest BCUT2D eigenvalue weighted by Gasteiger charge is -2.41. The Balaban J connectivity index is 1.26. The van der Waals surface area contributed by atoms with E-state index in [4.69, 9.17) is 11.6 Å². The molecule has 0 bridgehead atoms. The summed E-state index contributed by atoms with van der Waals surface area (Å²) in [5.74, 6) is -1.95. The molecule has 2 fully saturated rings. The number of imide groups is 1. The van der Waals surface area contributed by atoms with Crippen molar-refractivity contribution in [2.75, 3.05) is 39.3 Å². The van der Waals surface area contributed by atoms with Crippen LogP contribution in [0.4, 0.5) is 13.6 Å². The Morgan fingerprint density at radius 3 is 2.54 bits per heavy atom. The average molecular weight is 603 g/mol. The first-order valence-corrected chi connectivity index (χ1v) is 14.3. The Morgan fingerprint density at radius 1 is 1.15 bits per heavy atom. The molecule has 0 spiro atoms. The number of β-amino-alcohol motifs (C(OH)–C–C–N with tert-alkyl or cyclic N) is 1. The zero-order chi connectivity index (χ0) is 29.1. The van der Waals surface area contributed by atoms with Crippen LogP contribution in [0.25, 0.3) is 6.08 Å². The van der Waals surface area contributed by atoms with Gasteiger partial charge in [0.1, 0.15) is 29.9 Å². The molecular weight excluding hydrogens is 574 g/mol. The quantitative estimate of drug-likeness (QED) is 0.429. The van der Waals surface area contributed by atoms with Crippen LogP contribution in [0, 0.1) is 11.6 Å². The van der Waals surface area contributed by atoms with Gasteiger partial charge in [-0.25, -0.2) is 23.2 Å². The second-order valence-electron chi connectivity index (χ2n) is 10.2. The molecule has 3 heterocycles. The summed E-state index contributed by atoms with van der Waals surface area (Å²) in [5.41, 5.74) is -0.983. The number of carbonyl (C=O) groups excluding carboxylic acids is 2. The zero-order valence-electron chi connectivity index (χ0n) is 22.3. The average Bonchev–Trinajstić information content (AvgIpc) is 3.44. The first-order chi connectivity index (χ1) is 19.6. The van der Waals surface area contributed by atoms with E-state index in [0.29, 0.717) is 42.7 Å². The Bertz CT molecular complexity index is 1430. The SMILES string of the molecule is CC1CN(C(=O)N2CCN(CC(O)(Cn3cncn3)c3ccc(F)cc3F)CC2)C(=O)/C(=C/c2ccc(Cl)cc2)S1. The fraction of sp³-hybridized carbons (Fsp3) is 0.357. The summed E-state index contributed by atoms with van der Waals surface area (Å²) < 4.78 is 29.8. The number of amides is 3. The number of thioether (sulfide) groups is 1. The molecule has 216 valence electrons. The molecule has 3 aromatic rings. The molecule has 3 amide bonds. The van der Waals surface area contributed by atoms with Gasteiger partial charge in [-0.15, -0.1) is 11.8 Å². The molecule has 2 unspecified atom stereocenters. The summed E-state index contributed by atoms with van der Waals surface area (Å²) in [6.07, 6.45) is 4.48. The molecule has 2 aliphatic heterocycles. The maximum atomic E-state index is 14.8. The van der Waals surface area contributed by atoms with E-state index >= 15 is 0 Å². The standard InChI is InChI=1S/C28H29ClF2N6O3S/c1-19-14-37(26(38)25(41-19)12-20-2-4-21(29)5-3-20)27(39)35-10-8-34(9-11-35)15-28(40,16-36-18-32-17-33-36)23-7-6-22(30)13-24(23)31/h2-7,12-13,17-19,40H,8-11,14-16H2,1H3/b25-12-. The summed E-state index contributed by atoms with van der Waals surface area (Å²) in [6, 6.07) is 9.83. The molecule has 13 heteroatoms. The van der Waals surface area contributed by atoms with Crippen LogP contribution in [0.3, 0.4) is 0 Å². The normalized spacial score (nSPS) is 20.9. The summed E-state index contributed by atoms with van der Waals surface area (Å²) in [7, 11) is 0. The summed E-state index contributed by atoms with van der Waals surface area (Å²) in [5, 5.41) is 16.3. The molecule has 0 radical (unpaired) electrons. The highest BCUT2D eigenvalue weighted by Crippen LogP contribution is 2.33. The van der Waals surface area contributed by atoms with Gasteiger partial charge in [0.25, 0.3) is 5.91 Å². The van der Waals surface area contributed by atoms with Crippen molar-refractivity contribution in [1.82, 2.24) is 29.5 Å². The second kappa shape index (κ2) is 12.3. The van der Waals surface area contributed by atoms with Crippen molar-refractivity contribution in [2.24, 2.45) is 0 Å². The molecule has 2 aromatic carbocycles. The van der Waals surface area contributed by atoms with Crippen LogP contribution in [0.2, 0.25) is 5.02 Å². The van der Waals surface area contributed by atoms with Crippen molar-refractivity contribution in [3.8, 4) is 0 Å². The number of aliphatic hydroxyl groups is 1. The van der Waals surface area contributed by atoms with Crippen LogP contribution in [-0.2, 0) is 16.9 Å². The van der Waals surface area contributed by atoms with E-state index in [9.17, 15) is 23.5 Å². The third kappa shape index (κ3) is 6.78. The molecule has 41 heavy (non-hydrogen) atoms. The van der Waals surface area contributed by atoms with Crippen molar-refractivity contribution in [1.29, 1.82) is 0 Å². The van der Waals surface area contributed by atoms with Gasteiger partial charge in [-0.2, -0.15) is 5.10 Å². The fourth-order valence-corrected chi connectivity index (χ4v) is 6.25. The second-order valence-corrected chi connectivity index (χ2v) is 12.1. The number of hydrogen-bond donors (Lipinski definition) is 1. The maximum absolute atomic E-state index is 14.8. The van der Waals surface area contributed by atoms with Crippen LogP contribution < -0.4 is 0 Å². The number of rotatable bonds is 6. The van der Waals surface area contributed by atoms with E-state index in [0.717, 1.165) is 17.7 Å². The van der Waals surface area contributed by atoms with Gasteiger partial charge in [0.05, 0.1) is 11.4 Å². The molecule has 0 aliphatic carbocycles.